The predicted molar refractivity (Wildman–Crippen MR) is 38.7 cm³/mol. The van der Waals surface area contributed by atoms with Gasteiger partial charge in [0, 0.05) is 13.3 Å². The van der Waals surface area contributed by atoms with Gasteiger partial charge in [0.15, 0.2) is 5.78 Å². The maximum Gasteiger partial charge on any atom is 0.507 e. The molecule has 0 heterocycles. The Balaban J connectivity index is 3.50. The maximum absolute atomic E-state index is 10.6. The standard InChI is InChI=1S/C7H10O5/c1-5(8)6(9)3-4-12-7(10)11-2/h3-4H2,1-2H3. The molecular weight excluding hydrogens is 164 g/mol. The number of methoxy groups -OCH3 is 1. The molecule has 0 saturated carbocycles. The molecule has 0 spiro atoms. The molecule has 0 bridgehead atoms. The number of carbonyl (C=O) groups is 3. The molecule has 0 unspecified atom stereocenters. The van der Waals surface area contributed by atoms with Crippen LogP contribution in [-0.4, -0.2) is 31.4 Å². The highest BCUT2D eigenvalue weighted by Gasteiger charge is 2.08. The zero-order valence-electron chi connectivity index (χ0n) is 6.96. The first kappa shape index (κ1) is 10.6. The first-order valence-corrected chi connectivity index (χ1v) is 3.32. The maximum atomic E-state index is 10.6. The van der Waals surface area contributed by atoms with Crippen molar-refractivity contribution < 1.29 is 23.9 Å². The third-order valence-corrected chi connectivity index (χ3v) is 1.11. The van der Waals surface area contributed by atoms with Crippen LogP contribution in [0, 0.1) is 0 Å². The fourth-order valence-corrected chi connectivity index (χ4v) is 0.462. The fourth-order valence-electron chi connectivity index (χ4n) is 0.462. The summed E-state index contributed by atoms with van der Waals surface area (Å²) in [5.41, 5.74) is 0. The zero-order chi connectivity index (χ0) is 9.56. The summed E-state index contributed by atoms with van der Waals surface area (Å²) in [4.78, 5) is 31.3. The number of ketones is 2. The summed E-state index contributed by atoms with van der Waals surface area (Å²) in [6.45, 7) is 1.05. The molecule has 0 aliphatic heterocycles. The van der Waals surface area contributed by atoms with Gasteiger partial charge in [-0.2, -0.15) is 0 Å². The van der Waals surface area contributed by atoms with E-state index in [9.17, 15) is 14.4 Å². The molecule has 0 N–H and O–H groups in total. The van der Waals surface area contributed by atoms with Crippen LogP contribution in [0.1, 0.15) is 13.3 Å². The van der Waals surface area contributed by atoms with E-state index in [2.05, 4.69) is 9.47 Å². The molecule has 68 valence electrons. The number of rotatable bonds is 4. The minimum atomic E-state index is -0.855. The Hall–Kier alpha value is -1.39. The van der Waals surface area contributed by atoms with Crippen LogP contribution in [0.15, 0.2) is 0 Å². The highest BCUT2D eigenvalue weighted by atomic mass is 16.7. The van der Waals surface area contributed by atoms with E-state index in [4.69, 9.17) is 0 Å². The van der Waals surface area contributed by atoms with Gasteiger partial charge in [-0.15, -0.1) is 0 Å². The summed E-state index contributed by atoms with van der Waals surface area (Å²) in [7, 11) is 1.16. The van der Waals surface area contributed by atoms with Crippen molar-refractivity contribution >= 4 is 17.7 Å². The van der Waals surface area contributed by atoms with Gasteiger partial charge in [0.25, 0.3) is 0 Å². The van der Waals surface area contributed by atoms with Gasteiger partial charge in [-0.05, 0) is 0 Å². The summed E-state index contributed by atoms with van der Waals surface area (Å²) in [6.07, 6.45) is -0.948. The van der Waals surface area contributed by atoms with Crippen molar-refractivity contribution in [2.75, 3.05) is 13.7 Å². The molecule has 0 aromatic heterocycles. The molecule has 0 rings (SSSR count). The molecule has 5 heteroatoms. The molecule has 0 saturated heterocycles. The van der Waals surface area contributed by atoms with Crippen LogP contribution in [0.3, 0.4) is 0 Å². The van der Waals surface area contributed by atoms with E-state index in [1.165, 1.54) is 6.92 Å². The van der Waals surface area contributed by atoms with Crippen LogP contribution in [0.5, 0.6) is 0 Å². The molecule has 5 nitrogen and oxygen atoms in total. The Bertz CT molecular complexity index is 196. The van der Waals surface area contributed by atoms with E-state index in [1.807, 2.05) is 0 Å². The van der Waals surface area contributed by atoms with E-state index in [-0.39, 0.29) is 13.0 Å². The molecule has 0 aromatic carbocycles. The normalized spacial score (nSPS) is 8.83. The first-order chi connectivity index (χ1) is 5.57. The summed E-state index contributed by atoms with van der Waals surface area (Å²) in [5.74, 6) is -1.10. The van der Waals surface area contributed by atoms with Gasteiger partial charge in [-0.3, -0.25) is 9.59 Å². The molecular formula is C7H10O5. The SMILES string of the molecule is COC(=O)OCCC(=O)C(C)=O. The van der Waals surface area contributed by atoms with Crippen molar-refractivity contribution in [2.45, 2.75) is 13.3 Å². The Morgan fingerprint density at radius 1 is 1.25 bits per heavy atom. The average molecular weight is 174 g/mol. The van der Waals surface area contributed by atoms with Crippen LogP contribution in [0.25, 0.3) is 0 Å². The van der Waals surface area contributed by atoms with Crippen LogP contribution in [-0.2, 0) is 19.1 Å². The Labute approximate surface area is 69.6 Å². The highest BCUT2D eigenvalue weighted by Crippen LogP contribution is 1.89. The topological polar surface area (TPSA) is 69.7 Å². The smallest absolute Gasteiger partial charge is 0.438 e. The van der Waals surface area contributed by atoms with Gasteiger partial charge in [0.2, 0.25) is 5.78 Å². The van der Waals surface area contributed by atoms with E-state index < -0.39 is 17.7 Å². The number of hydrogen-bond donors (Lipinski definition) is 0. The minimum absolute atomic E-state index is 0.0928. The van der Waals surface area contributed by atoms with Crippen molar-refractivity contribution in [3.63, 3.8) is 0 Å². The van der Waals surface area contributed by atoms with Gasteiger partial charge in [0.1, 0.15) is 6.61 Å². The number of Topliss-reactive ketones (excluding diaryl/α,β-unsaturated/α-hetero) is 2. The number of ether oxygens (including phenoxy) is 2. The second-order valence-electron chi connectivity index (χ2n) is 2.03. The monoisotopic (exact) mass is 174 g/mol. The van der Waals surface area contributed by atoms with E-state index in [1.54, 1.807) is 0 Å². The predicted octanol–water partition coefficient (Wildman–Crippen LogP) is 0.318. The van der Waals surface area contributed by atoms with Crippen LogP contribution >= 0.6 is 0 Å². The van der Waals surface area contributed by atoms with Crippen molar-refractivity contribution in [1.29, 1.82) is 0 Å². The molecule has 0 amide bonds. The third kappa shape index (κ3) is 4.43. The summed E-state index contributed by atoms with van der Waals surface area (Å²) in [5, 5.41) is 0. The largest absolute Gasteiger partial charge is 0.507 e. The Morgan fingerprint density at radius 2 is 1.83 bits per heavy atom. The van der Waals surface area contributed by atoms with Gasteiger partial charge in [-0.25, -0.2) is 4.79 Å². The van der Waals surface area contributed by atoms with Crippen molar-refractivity contribution in [3.05, 3.63) is 0 Å². The van der Waals surface area contributed by atoms with E-state index in [0.29, 0.717) is 0 Å². The van der Waals surface area contributed by atoms with Gasteiger partial charge < -0.3 is 9.47 Å². The van der Waals surface area contributed by atoms with Crippen molar-refractivity contribution in [3.8, 4) is 0 Å². The third-order valence-electron chi connectivity index (χ3n) is 1.11. The van der Waals surface area contributed by atoms with Gasteiger partial charge >= 0.3 is 6.16 Å². The quantitative estimate of drug-likeness (QED) is 0.453. The van der Waals surface area contributed by atoms with E-state index in [0.717, 1.165) is 7.11 Å². The molecule has 12 heavy (non-hydrogen) atoms. The number of hydrogen-bond acceptors (Lipinski definition) is 5. The van der Waals surface area contributed by atoms with Crippen molar-refractivity contribution in [2.24, 2.45) is 0 Å². The van der Waals surface area contributed by atoms with E-state index >= 15 is 0 Å². The van der Waals surface area contributed by atoms with Gasteiger partial charge in [-0.1, -0.05) is 0 Å². The summed E-state index contributed by atoms with van der Waals surface area (Å²) in [6, 6.07) is 0. The second-order valence-corrected chi connectivity index (χ2v) is 2.03. The molecule has 0 aromatic rings. The fraction of sp³-hybridized carbons (Fsp3) is 0.571. The molecule has 0 atom stereocenters. The lowest BCUT2D eigenvalue weighted by molar-refractivity contribution is -0.135. The lowest BCUT2D eigenvalue weighted by Gasteiger charge is -1.99. The lowest BCUT2D eigenvalue weighted by Crippen LogP contribution is -2.14. The Morgan fingerprint density at radius 3 is 2.25 bits per heavy atom. The van der Waals surface area contributed by atoms with Crippen molar-refractivity contribution in [1.82, 2.24) is 0 Å². The molecule has 0 aliphatic carbocycles. The Kier molecular flexibility index (Phi) is 4.67. The average Bonchev–Trinajstić information content (AvgIpc) is 2.03. The van der Waals surface area contributed by atoms with Crippen LogP contribution in [0.2, 0.25) is 0 Å². The second kappa shape index (κ2) is 5.29. The van der Waals surface area contributed by atoms with Gasteiger partial charge in [0.05, 0.1) is 7.11 Å². The minimum Gasteiger partial charge on any atom is -0.438 e. The summed E-state index contributed by atoms with van der Waals surface area (Å²) >= 11 is 0. The highest BCUT2D eigenvalue weighted by molar-refractivity contribution is 6.36. The van der Waals surface area contributed by atoms with Crippen LogP contribution < -0.4 is 0 Å². The first-order valence-electron chi connectivity index (χ1n) is 3.32. The van der Waals surface area contributed by atoms with Crippen LogP contribution in [0.4, 0.5) is 4.79 Å². The number of carbonyl (C=O) groups excluding carboxylic acids is 3. The lowest BCUT2D eigenvalue weighted by atomic mass is 10.2. The molecule has 0 aliphatic rings. The zero-order valence-corrected chi connectivity index (χ0v) is 6.96. The molecule has 0 fully saturated rings. The molecule has 0 radical (unpaired) electrons. The summed E-state index contributed by atoms with van der Waals surface area (Å²) < 4.78 is 8.51.